The minimum Gasteiger partial charge on any atom is -0.323 e. The summed E-state index contributed by atoms with van der Waals surface area (Å²) in [6.07, 6.45) is -4.57. The number of alkyl halides is 3. The molecule has 168 valence electrons. The van der Waals surface area contributed by atoms with Crippen LogP contribution >= 0.6 is 23.2 Å². The Morgan fingerprint density at radius 2 is 1.71 bits per heavy atom. The predicted octanol–water partition coefficient (Wildman–Crippen LogP) is 5.19. The summed E-state index contributed by atoms with van der Waals surface area (Å²) in [5.74, 6) is -1.87. The molecule has 0 radical (unpaired) electrons. The number of halogens is 6. The van der Waals surface area contributed by atoms with E-state index in [-0.39, 0.29) is 36.6 Å². The van der Waals surface area contributed by atoms with E-state index in [1.54, 1.807) is 0 Å². The summed E-state index contributed by atoms with van der Waals surface area (Å²) in [4.78, 5) is 11.9. The summed E-state index contributed by atoms with van der Waals surface area (Å²) >= 11 is 11.2. The normalized spacial score (nSPS) is 16.3. The van der Waals surface area contributed by atoms with Crippen molar-refractivity contribution in [3.63, 3.8) is 0 Å². The van der Waals surface area contributed by atoms with E-state index in [4.69, 9.17) is 23.2 Å². The maximum absolute atomic E-state index is 14.0. The van der Waals surface area contributed by atoms with Crippen molar-refractivity contribution in [3.05, 3.63) is 57.8 Å². The molecule has 12 heteroatoms. The third-order valence-electron chi connectivity index (χ3n) is 4.92. The minimum absolute atomic E-state index is 0.0809. The number of carbonyl (C=O) groups excluding carboxylic acids is 1. The maximum Gasteiger partial charge on any atom is 0.417 e. The van der Waals surface area contributed by atoms with Gasteiger partial charge in [0.1, 0.15) is 0 Å². The van der Waals surface area contributed by atoms with Gasteiger partial charge in [0.15, 0.2) is 5.82 Å². The third-order valence-corrected chi connectivity index (χ3v) is 7.43. The number of nitrogens with one attached hydrogen (secondary N) is 1. The largest absolute Gasteiger partial charge is 0.417 e. The zero-order valence-corrected chi connectivity index (χ0v) is 18.0. The summed E-state index contributed by atoms with van der Waals surface area (Å²) in [7, 11) is -4.22. The van der Waals surface area contributed by atoms with Crippen LogP contribution in [0.5, 0.6) is 0 Å². The summed E-state index contributed by atoms with van der Waals surface area (Å²) in [6, 6.07) is 6.54. The molecule has 2 aromatic rings. The Bertz CT molecular complexity index is 1100. The van der Waals surface area contributed by atoms with Crippen LogP contribution in [-0.2, 0) is 21.0 Å². The number of anilines is 1. The molecule has 0 aliphatic carbocycles. The molecule has 0 aromatic heterocycles. The fraction of sp³-hybridized carbons (Fsp3) is 0.316. The molecule has 0 atom stereocenters. The SMILES string of the molecule is O=C(Nc1cccc(Cl)c1F)C1CCN(S(=O)(=O)c2ccc(Cl)c(C(F)(F)F)c2)CC1. The number of hydrogen-bond donors (Lipinski definition) is 1. The summed E-state index contributed by atoms with van der Waals surface area (Å²) in [6.45, 7) is -0.162. The molecule has 0 spiro atoms. The standard InChI is InChI=1S/C19H16Cl2F4N2O3S/c20-14-5-4-12(10-13(14)19(23,24)25)31(29,30)27-8-6-11(7-9-27)18(28)26-16-3-1-2-15(21)17(16)22/h1-5,10-11H,6-9H2,(H,26,28). The number of nitrogens with zero attached hydrogens (tertiary/aromatic N) is 1. The van der Waals surface area contributed by atoms with E-state index >= 15 is 0 Å². The Hall–Kier alpha value is -1.88. The van der Waals surface area contributed by atoms with E-state index < -0.39 is 49.3 Å². The Kier molecular flexibility index (Phi) is 6.85. The second kappa shape index (κ2) is 8.93. The molecule has 5 nitrogen and oxygen atoms in total. The number of amides is 1. The van der Waals surface area contributed by atoms with Crippen molar-refractivity contribution in [1.82, 2.24) is 4.31 Å². The molecule has 3 rings (SSSR count). The number of hydrogen-bond acceptors (Lipinski definition) is 3. The Morgan fingerprint density at radius 1 is 1.06 bits per heavy atom. The Labute approximate surface area is 186 Å². The molecule has 1 aliphatic rings. The van der Waals surface area contributed by atoms with Gasteiger partial charge in [-0.2, -0.15) is 17.5 Å². The van der Waals surface area contributed by atoms with Crippen LogP contribution in [0, 0.1) is 11.7 Å². The third kappa shape index (κ3) is 5.14. The van der Waals surface area contributed by atoms with Crippen molar-refractivity contribution in [1.29, 1.82) is 0 Å². The zero-order valence-electron chi connectivity index (χ0n) is 15.7. The van der Waals surface area contributed by atoms with Crippen molar-refractivity contribution in [2.75, 3.05) is 18.4 Å². The molecule has 1 aliphatic heterocycles. The number of sulfonamides is 1. The van der Waals surface area contributed by atoms with Gasteiger partial charge in [0.2, 0.25) is 15.9 Å². The second-order valence-electron chi connectivity index (χ2n) is 6.91. The lowest BCUT2D eigenvalue weighted by Crippen LogP contribution is -2.41. The van der Waals surface area contributed by atoms with Crippen molar-refractivity contribution < 1.29 is 30.8 Å². The maximum atomic E-state index is 14.0. The van der Waals surface area contributed by atoms with Crippen molar-refractivity contribution in [2.45, 2.75) is 23.9 Å². The van der Waals surface area contributed by atoms with E-state index in [0.717, 1.165) is 16.4 Å². The van der Waals surface area contributed by atoms with Crippen LogP contribution in [0.25, 0.3) is 0 Å². The number of benzene rings is 2. The molecular formula is C19H16Cl2F4N2O3S. The molecule has 31 heavy (non-hydrogen) atoms. The van der Waals surface area contributed by atoms with E-state index in [2.05, 4.69) is 5.32 Å². The van der Waals surface area contributed by atoms with Crippen LogP contribution in [0.15, 0.2) is 41.3 Å². The summed E-state index contributed by atoms with van der Waals surface area (Å²) in [5.41, 5.74) is -1.33. The van der Waals surface area contributed by atoms with Crippen LogP contribution in [-0.4, -0.2) is 31.7 Å². The quantitative estimate of drug-likeness (QED) is 0.589. The van der Waals surface area contributed by atoms with Gasteiger partial charge in [0, 0.05) is 19.0 Å². The highest BCUT2D eigenvalue weighted by molar-refractivity contribution is 7.89. The van der Waals surface area contributed by atoms with Gasteiger partial charge >= 0.3 is 6.18 Å². The number of rotatable bonds is 4. The van der Waals surface area contributed by atoms with E-state index in [0.29, 0.717) is 6.07 Å². The van der Waals surface area contributed by atoms with Gasteiger partial charge in [-0.3, -0.25) is 4.79 Å². The molecule has 1 amide bonds. The lowest BCUT2D eigenvalue weighted by atomic mass is 9.97. The topological polar surface area (TPSA) is 66.5 Å². The van der Waals surface area contributed by atoms with Crippen molar-refractivity contribution in [2.24, 2.45) is 5.92 Å². The predicted molar refractivity (Wildman–Crippen MR) is 108 cm³/mol. The van der Waals surface area contributed by atoms with Gasteiger partial charge < -0.3 is 5.32 Å². The fourth-order valence-electron chi connectivity index (χ4n) is 3.22. The van der Waals surface area contributed by atoms with E-state index in [1.165, 1.54) is 18.2 Å². The fourth-order valence-corrected chi connectivity index (χ4v) is 5.12. The van der Waals surface area contributed by atoms with Gasteiger partial charge in [-0.25, -0.2) is 12.8 Å². The average molecular weight is 499 g/mol. The van der Waals surface area contributed by atoms with Crippen LogP contribution in [0.1, 0.15) is 18.4 Å². The van der Waals surface area contributed by atoms with Crippen LogP contribution in [0.2, 0.25) is 10.0 Å². The molecular weight excluding hydrogens is 483 g/mol. The van der Waals surface area contributed by atoms with Crippen LogP contribution < -0.4 is 5.32 Å². The summed E-state index contributed by atoms with van der Waals surface area (Å²) < 4.78 is 79.7. The van der Waals surface area contributed by atoms with Gasteiger partial charge in [-0.15, -0.1) is 0 Å². The molecule has 1 heterocycles. The first-order chi connectivity index (χ1) is 14.4. The first-order valence-electron chi connectivity index (χ1n) is 9.03. The van der Waals surface area contributed by atoms with Crippen LogP contribution in [0.3, 0.4) is 0 Å². The van der Waals surface area contributed by atoms with E-state index in [1.807, 2.05) is 0 Å². The second-order valence-corrected chi connectivity index (χ2v) is 9.66. The lowest BCUT2D eigenvalue weighted by Gasteiger charge is -2.30. The molecule has 1 N–H and O–H groups in total. The van der Waals surface area contributed by atoms with Crippen molar-refractivity contribution in [3.8, 4) is 0 Å². The Morgan fingerprint density at radius 3 is 2.32 bits per heavy atom. The van der Waals surface area contributed by atoms with Gasteiger partial charge in [0.25, 0.3) is 0 Å². The molecule has 0 unspecified atom stereocenters. The smallest absolute Gasteiger partial charge is 0.323 e. The van der Waals surface area contributed by atoms with Crippen molar-refractivity contribution >= 4 is 44.8 Å². The monoisotopic (exact) mass is 498 g/mol. The minimum atomic E-state index is -4.80. The molecule has 0 saturated carbocycles. The first-order valence-corrected chi connectivity index (χ1v) is 11.2. The average Bonchev–Trinajstić information content (AvgIpc) is 2.70. The highest BCUT2D eigenvalue weighted by Gasteiger charge is 2.37. The molecule has 1 fully saturated rings. The molecule has 1 saturated heterocycles. The van der Waals surface area contributed by atoms with Gasteiger partial charge in [-0.05, 0) is 43.2 Å². The van der Waals surface area contributed by atoms with Crippen LogP contribution in [0.4, 0.5) is 23.2 Å². The lowest BCUT2D eigenvalue weighted by molar-refractivity contribution is -0.137. The Balaban J connectivity index is 1.70. The summed E-state index contributed by atoms with van der Waals surface area (Å²) in [5, 5.41) is 1.68. The zero-order chi connectivity index (χ0) is 23.0. The van der Waals surface area contributed by atoms with Gasteiger partial charge in [0.05, 0.1) is 26.2 Å². The highest BCUT2D eigenvalue weighted by Crippen LogP contribution is 2.37. The first kappa shape index (κ1) is 23.8. The number of carbonyl (C=O) groups is 1. The number of piperidine rings is 1. The van der Waals surface area contributed by atoms with Gasteiger partial charge in [-0.1, -0.05) is 29.3 Å². The molecule has 0 bridgehead atoms. The molecule has 2 aromatic carbocycles. The van der Waals surface area contributed by atoms with E-state index in [9.17, 15) is 30.8 Å². The highest BCUT2D eigenvalue weighted by atomic mass is 35.5.